The van der Waals surface area contributed by atoms with Crippen LogP contribution < -0.4 is 10.6 Å². The first-order valence-electron chi connectivity index (χ1n) is 9.13. The Kier molecular flexibility index (Phi) is 3.32. The van der Waals surface area contributed by atoms with Crippen molar-refractivity contribution in [2.75, 3.05) is 0 Å². The van der Waals surface area contributed by atoms with Crippen molar-refractivity contribution in [1.29, 1.82) is 0 Å². The normalized spacial score (nSPS) is 42.7. The smallest absolute Gasteiger partial charge is 0.143 e. The van der Waals surface area contributed by atoms with Crippen molar-refractivity contribution >= 4 is 24.9 Å². The lowest BCUT2D eigenvalue weighted by Crippen LogP contribution is -2.33. The Morgan fingerprint density at radius 2 is 1.46 bits per heavy atom. The molecule has 3 aliphatic rings. The molecule has 132 valence electrons. The summed E-state index contributed by atoms with van der Waals surface area (Å²) in [6, 6.07) is 19.7. The summed E-state index contributed by atoms with van der Waals surface area (Å²) < 4.78 is 28.9. The predicted molar refractivity (Wildman–Crippen MR) is 110 cm³/mol. The van der Waals surface area contributed by atoms with Crippen LogP contribution >= 0.6 is 14.3 Å². The summed E-state index contributed by atoms with van der Waals surface area (Å²) in [5, 5.41) is 2.38. The van der Waals surface area contributed by atoms with Crippen LogP contribution in [-0.4, -0.2) is 16.5 Å². The van der Waals surface area contributed by atoms with Crippen LogP contribution in [0.5, 0.6) is 0 Å². The van der Waals surface area contributed by atoms with Gasteiger partial charge in [-0.3, -0.25) is 0 Å². The van der Waals surface area contributed by atoms with Crippen molar-refractivity contribution in [1.82, 2.24) is 0 Å². The minimum absolute atomic E-state index is 0.0778. The number of hydrogen-bond acceptors (Lipinski definition) is 2. The van der Waals surface area contributed by atoms with Gasteiger partial charge in [-0.25, -0.2) is 0 Å². The maximum atomic E-state index is 14.5. The van der Waals surface area contributed by atoms with Crippen LogP contribution in [0.15, 0.2) is 84.2 Å². The molecule has 2 unspecified atom stereocenters. The van der Waals surface area contributed by atoms with Crippen molar-refractivity contribution in [3.8, 4) is 0 Å². The topological polar surface area (TPSA) is 34.1 Å². The standard InChI is InChI=1S/C22H22O2P2/c1-16-15-19-21(25(16,23)17-9-5-3-6-10-17)20-13-14-22(19,2)26(20,24)18-11-7-4-8-12-18/h3-15,19-21H,1-2H3/t19-,20+,21+,22-,25?,26?/m1/s1. The number of allylic oxidation sites excluding steroid dienone is 4. The zero-order valence-electron chi connectivity index (χ0n) is 14.9. The second-order valence-corrected chi connectivity index (χ2v) is 14.4. The largest absolute Gasteiger partial charge is 0.317 e. The molecule has 2 aromatic carbocycles. The van der Waals surface area contributed by atoms with Gasteiger partial charge in [0.15, 0.2) is 0 Å². The molecule has 4 heteroatoms. The monoisotopic (exact) mass is 380 g/mol. The summed E-state index contributed by atoms with van der Waals surface area (Å²) in [5.74, 6) is 0.0783. The van der Waals surface area contributed by atoms with E-state index < -0.39 is 19.4 Å². The maximum absolute atomic E-state index is 14.5. The van der Waals surface area contributed by atoms with E-state index in [1.165, 1.54) is 0 Å². The zero-order valence-corrected chi connectivity index (χ0v) is 16.7. The van der Waals surface area contributed by atoms with Crippen molar-refractivity contribution in [2.45, 2.75) is 30.3 Å². The molecule has 2 aromatic rings. The summed E-state index contributed by atoms with van der Waals surface area (Å²) in [6.07, 6.45) is 6.44. The van der Waals surface area contributed by atoms with Crippen LogP contribution in [0.3, 0.4) is 0 Å². The fraction of sp³-hybridized carbons (Fsp3) is 0.273. The Hall–Kier alpha value is -1.62. The molecule has 0 spiro atoms. The summed E-state index contributed by atoms with van der Waals surface area (Å²) in [6.45, 7) is 4.12. The molecule has 0 aliphatic carbocycles. The van der Waals surface area contributed by atoms with Gasteiger partial charge in [-0.2, -0.15) is 0 Å². The molecular formula is C22H22O2P2. The Bertz CT molecular complexity index is 1040. The van der Waals surface area contributed by atoms with E-state index in [9.17, 15) is 9.13 Å². The van der Waals surface area contributed by atoms with Crippen molar-refractivity contribution in [2.24, 2.45) is 5.92 Å². The van der Waals surface area contributed by atoms with Gasteiger partial charge in [0, 0.05) is 27.8 Å². The number of hydrogen-bond donors (Lipinski definition) is 0. The molecule has 0 radical (unpaired) electrons. The lowest BCUT2D eigenvalue weighted by atomic mass is 9.84. The van der Waals surface area contributed by atoms with E-state index in [1.807, 2.05) is 67.6 Å². The van der Waals surface area contributed by atoms with Crippen molar-refractivity contribution in [3.05, 3.63) is 84.2 Å². The Morgan fingerprint density at radius 3 is 2.08 bits per heavy atom. The molecular weight excluding hydrogens is 358 g/mol. The lowest BCUT2D eigenvalue weighted by Gasteiger charge is -2.31. The van der Waals surface area contributed by atoms with Gasteiger partial charge in [0.25, 0.3) is 0 Å². The predicted octanol–water partition coefficient (Wildman–Crippen LogP) is 4.98. The van der Waals surface area contributed by atoms with Crippen LogP contribution in [0, 0.1) is 5.92 Å². The molecule has 3 aliphatic heterocycles. The number of rotatable bonds is 2. The summed E-state index contributed by atoms with van der Waals surface area (Å²) >= 11 is 0. The third kappa shape index (κ3) is 1.71. The number of fused-ring (bicyclic) bond motifs is 5. The highest BCUT2D eigenvalue weighted by molar-refractivity contribution is 7.80. The van der Waals surface area contributed by atoms with Gasteiger partial charge < -0.3 is 9.13 Å². The van der Waals surface area contributed by atoms with Crippen molar-refractivity contribution < 1.29 is 9.13 Å². The quantitative estimate of drug-likeness (QED) is 0.544. The minimum Gasteiger partial charge on any atom is -0.317 e. The first kappa shape index (κ1) is 16.5. The average Bonchev–Trinajstić information content (AvgIpc) is 3.18. The number of benzene rings is 2. The van der Waals surface area contributed by atoms with Crippen LogP contribution in [-0.2, 0) is 9.13 Å². The zero-order chi connectivity index (χ0) is 18.2. The van der Waals surface area contributed by atoms with E-state index >= 15 is 0 Å². The highest BCUT2D eigenvalue weighted by Crippen LogP contribution is 2.84. The lowest BCUT2D eigenvalue weighted by molar-refractivity contribution is 0.517. The molecule has 0 saturated carbocycles. The van der Waals surface area contributed by atoms with Gasteiger partial charge in [0.2, 0.25) is 0 Å². The van der Waals surface area contributed by atoms with E-state index in [1.54, 1.807) is 0 Å². The van der Waals surface area contributed by atoms with E-state index in [0.29, 0.717) is 0 Å². The molecule has 0 aromatic heterocycles. The third-order valence-corrected chi connectivity index (χ3v) is 15.1. The fourth-order valence-electron chi connectivity index (χ4n) is 5.51. The highest BCUT2D eigenvalue weighted by Gasteiger charge is 2.71. The average molecular weight is 380 g/mol. The Morgan fingerprint density at radius 1 is 0.885 bits per heavy atom. The summed E-state index contributed by atoms with van der Waals surface area (Å²) in [7, 11) is -5.50. The van der Waals surface area contributed by atoms with Gasteiger partial charge in [-0.15, -0.1) is 0 Å². The molecule has 1 saturated heterocycles. The van der Waals surface area contributed by atoms with Gasteiger partial charge in [0.1, 0.15) is 14.3 Å². The van der Waals surface area contributed by atoms with E-state index in [0.717, 1.165) is 15.9 Å². The molecule has 0 amide bonds. The van der Waals surface area contributed by atoms with Crippen LogP contribution in [0.4, 0.5) is 0 Å². The Balaban J connectivity index is 1.74. The first-order valence-corrected chi connectivity index (χ1v) is 12.7. The van der Waals surface area contributed by atoms with E-state index in [2.05, 4.69) is 25.2 Å². The minimum atomic E-state index is -2.76. The van der Waals surface area contributed by atoms with Crippen LogP contribution in [0.1, 0.15) is 13.8 Å². The molecule has 2 nitrogen and oxygen atoms in total. The van der Waals surface area contributed by atoms with Gasteiger partial charge in [-0.05, 0) is 19.2 Å². The molecule has 5 rings (SSSR count). The molecule has 2 bridgehead atoms. The second kappa shape index (κ2) is 5.22. The van der Waals surface area contributed by atoms with Gasteiger partial charge in [0.05, 0.1) is 5.16 Å². The van der Waals surface area contributed by atoms with Crippen LogP contribution in [0.25, 0.3) is 0 Å². The second-order valence-electron chi connectivity index (χ2n) is 7.89. The molecule has 1 fully saturated rings. The summed E-state index contributed by atoms with van der Waals surface area (Å²) in [5.41, 5.74) is -0.217. The van der Waals surface area contributed by atoms with Gasteiger partial charge >= 0.3 is 0 Å². The summed E-state index contributed by atoms with van der Waals surface area (Å²) in [4.78, 5) is 0. The van der Waals surface area contributed by atoms with Gasteiger partial charge in [-0.1, -0.05) is 78.9 Å². The van der Waals surface area contributed by atoms with E-state index in [-0.39, 0.29) is 17.2 Å². The van der Waals surface area contributed by atoms with E-state index in [4.69, 9.17) is 0 Å². The van der Waals surface area contributed by atoms with Crippen LogP contribution in [0.2, 0.25) is 0 Å². The highest BCUT2D eigenvalue weighted by atomic mass is 31.2. The molecule has 3 heterocycles. The Labute approximate surface area is 154 Å². The third-order valence-electron chi connectivity index (χ3n) is 6.80. The molecule has 26 heavy (non-hydrogen) atoms. The first-order chi connectivity index (χ1) is 12.4. The fourth-order valence-corrected chi connectivity index (χ4v) is 14.4. The SMILES string of the molecule is CC1=C[C@@H]2[C@@H]([C@@H]3C=C[C@@]2(C)P3(=O)c2ccccc2)P1(=O)c1ccccc1. The maximum Gasteiger partial charge on any atom is 0.143 e. The molecule has 6 atom stereocenters. The molecule has 0 N–H and O–H groups in total. The van der Waals surface area contributed by atoms with Crippen molar-refractivity contribution in [3.63, 3.8) is 0 Å².